The zero-order chi connectivity index (χ0) is 18.0. The molecular weight excluding hydrogens is 326 g/mol. The molecule has 1 aromatic rings. The van der Waals surface area contributed by atoms with Gasteiger partial charge >= 0.3 is 0 Å². The molecule has 5 heteroatoms. The Bertz CT molecular complexity index is 550. The molecule has 3 rings (SSSR count). The van der Waals surface area contributed by atoms with Gasteiger partial charge in [0.1, 0.15) is 0 Å². The van der Waals surface area contributed by atoms with Crippen LogP contribution < -0.4 is 5.32 Å². The van der Waals surface area contributed by atoms with Crippen LogP contribution in [0.5, 0.6) is 0 Å². The zero-order valence-electron chi connectivity index (χ0n) is 15.9. The van der Waals surface area contributed by atoms with E-state index in [9.17, 15) is 4.79 Å². The van der Waals surface area contributed by atoms with Crippen molar-refractivity contribution in [3.63, 3.8) is 0 Å². The molecule has 2 heterocycles. The third-order valence-electron chi connectivity index (χ3n) is 5.33. The highest BCUT2D eigenvalue weighted by Crippen LogP contribution is 2.11. The van der Waals surface area contributed by atoms with Gasteiger partial charge in [-0.2, -0.15) is 0 Å². The molecule has 2 aliphatic heterocycles. The van der Waals surface area contributed by atoms with Gasteiger partial charge in [-0.05, 0) is 56.6 Å². The Morgan fingerprint density at radius 3 is 2.54 bits per heavy atom. The summed E-state index contributed by atoms with van der Waals surface area (Å²) >= 11 is 0. The summed E-state index contributed by atoms with van der Waals surface area (Å²) in [5, 5.41) is 3.09. The van der Waals surface area contributed by atoms with Gasteiger partial charge in [-0.1, -0.05) is 25.0 Å². The van der Waals surface area contributed by atoms with E-state index in [1.807, 2.05) is 18.2 Å². The van der Waals surface area contributed by atoms with E-state index in [0.29, 0.717) is 0 Å². The van der Waals surface area contributed by atoms with Gasteiger partial charge in [0.15, 0.2) is 0 Å². The summed E-state index contributed by atoms with van der Waals surface area (Å²) in [7, 11) is 0. The number of nitrogens with one attached hydrogen (secondary N) is 1. The predicted molar refractivity (Wildman–Crippen MR) is 104 cm³/mol. The lowest BCUT2D eigenvalue weighted by Crippen LogP contribution is -2.35. The molecule has 1 aromatic carbocycles. The smallest absolute Gasteiger partial charge is 0.251 e. The number of hydrogen-bond donors (Lipinski definition) is 1. The number of benzene rings is 1. The van der Waals surface area contributed by atoms with Gasteiger partial charge in [0, 0.05) is 31.7 Å². The Labute approximate surface area is 157 Å². The summed E-state index contributed by atoms with van der Waals surface area (Å²) in [5.74, 6) is 0.0460. The van der Waals surface area contributed by atoms with E-state index in [4.69, 9.17) is 4.74 Å². The second kappa shape index (κ2) is 10.7. The highest BCUT2D eigenvalue weighted by atomic mass is 16.5. The van der Waals surface area contributed by atoms with Crippen LogP contribution in [0.15, 0.2) is 24.3 Å². The number of rotatable bonds is 7. The van der Waals surface area contributed by atoms with E-state index in [-0.39, 0.29) is 5.91 Å². The van der Waals surface area contributed by atoms with Crippen LogP contribution in [0.2, 0.25) is 0 Å². The number of carbonyl (C=O) groups is 1. The minimum absolute atomic E-state index is 0.0460. The fourth-order valence-corrected chi connectivity index (χ4v) is 3.79. The summed E-state index contributed by atoms with van der Waals surface area (Å²) in [5.41, 5.74) is 1.97. The topological polar surface area (TPSA) is 44.8 Å². The second-order valence-corrected chi connectivity index (χ2v) is 7.45. The third-order valence-corrected chi connectivity index (χ3v) is 5.33. The zero-order valence-corrected chi connectivity index (χ0v) is 15.9. The van der Waals surface area contributed by atoms with Gasteiger partial charge in [-0.15, -0.1) is 0 Å². The minimum Gasteiger partial charge on any atom is -0.379 e. The molecular formula is C21H33N3O2. The molecule has 0 aromatic heterocycles. The molecule has 2 aliphatic rings. The normalized spacial score (nSPS) is 19.8. The number of carbonyl (C=O) groups excluding carboxylic acids is 1. The van der Waals surface area contributed by atoms with E-state index < -0.39 is 0 Å². The van der Waals surface area contributed by atoms with Crippen LogP contribution >= 0.6 is 0 Å². The maximum Gasteiger partial charge on any atom is 0.251 e. The molecule has 144 valence electrons. The van der Waals surface area contributed by atoms with E-state index in [1.54, 1.807) is 0 Å². The first-order valence-electron chi connectivity index (χ1n) is 10.2. The third kappa shape index (κ3) is 6.38. The van der Waals surface area contributed by atoms with Crippen LogP contribution in [0.3, 0.4) is 0 Å². The van der Waals surface area contributed by atoms with Crippen molar-refractivity contribution in [3.8, 4) is 0 Å². The fourth-order valence-electron chi connectivity index (χ4n) is 3.79. The molecule has 0 aliphatic carbocycles. The Kier molecular flexibility index (Phi) is 7.92. The average molecular weight is 360 g/mol. The van der Waals surface area contributed by atoms with Crippen LogP contribution in [-0.2, 0) is 11.3 Å². The first-order chi connectivity index (χ1) is 12.8. The number of morpholine rings is 1. The van der Waals surface area contributed by atoms with Crippen molar-refractivity contribution in [2.24, 2.45) is 0 Å². The van der Waals surface area contributed by atoms with Crippen molar-refractivity contribution < 1.29 is 9.53 Å². The van der Waals surface area contributed by atoms with Crippen molar-refractivity contribution in [2.45, 2.75) is 38.6 Å². The summed E-state index contributed by atoms with van der Waals surface area (Å²) in [4.78, 5) is 17.4. The van der Waals surface area contributed by atoms with Crippen LogP contribution in [0.25, 0.3) is 0 Å². The van der Waals surface area contributed by atoms with E-state index >= 15 is 0 Å². The number of hydrogen-bond acceptors (Lipinski definition) is 4. The molecule has 5 nitrogen and oxygen atoms in total. The number of ether oxygens (including phenoxy) is 1. The monoisotopic (exact) mass is 359 g/mol. The summed E-state index contributed by atoms with van der Waals surface area (Å²) < 4.78 is 5.40. The Balaban J connectivity index is 1.40. The van der Waals surface area contributed by atoms with Crippen molar-refractivity contribution >= 4 is 5.91 Å². The highest BCUT2D eigenvalue weighted by Gasteiger charge is 2.12. The summed E-state index contributed by atoms with van der Waals surface area (Å²) in [6, 6.07) is 8.03. The lowest BCUT2D eigenvalue weighted by molar-refractivity contribution is 0.0342. The molecule has 2 fully saturated rings. The summed E-state index contributed by atoms with van der Waals surface area (Å²) in [6.45, 7) is 8.71. The minimum atomic E-state index is 0.0460. The van der Waals surface area contributed by atoms with Crippen molar-refractivity contribution in [1.29, 1.82) is 0 Å². The van der Waals surface area contributed by atoms with Crippen LogP contribution in [0.4, 0.5) is 0 Å². The maximum atomic E-state index is 12.4. The van der Waals surface area contributed by atoms with E-state index in [1.165, 1.54) is 44.3 Å². The highest BCUT2D eigenvalue weighted by molar-refractivity contribution is 5.94. The van der Waals surface area contributed by atoms with Crippen molar-refractivity contribution in [1.82, 2.24) is 15.1 Å². The maximum absolute atomic E-state index is 12.4. The molecule has 2 saturated heterocycles. The molecule has 1 amide bonds. The van der Waals surface area contributed by atoms with Gasteiger partial charge in [0.2, 0.25) is 0 Å². The predicted octanol–water partition coefficient (Wildman–Crippen LogP) is 2.51. The van der Waals surface area contributed by atoms with Crippen molar-refractivity contribution in [3.05, 3.63) is 35.4 Å². The van der Waals surface area contributed by atoms with Crippen LogP contribution in [0.1, 0.15) is 48.0 Å². The standard InChI is InChI=1S/C21H33N3O2/c25-21(22-9-6-12-23-10-3-1-2-4-11-23)20-8-5-7-19(17-20)18-24-13-15-26-16-14-24/h5,7-8,17H,1-4,6,9-16,18H2,(H,22,25). The first-order valence-corrected chi connectivity index (χ1v) is 10.2. The average Bonchev–Trinajstić information content (AvgIpc) is 2.95. The number of amides is 1. The van der Waals surface area contributed by atoms with Crippen molar-refractivity contribution in [2.75, 3.05) is 52.5 Å². The molecule has 0 unspecified atom stereocenters. The molecule has 0 radical (unpaired) electrons. The van der Waals surface area contributed by atoms with Gasteiger partial charge in [0.25, 0.3) is 5.91 Å². The molecule has 1 N–H and O–H groups in total. The second-order valence-electron chi connectivity index (χ2n) is 7.45. The summed E-state index contributed by atoms with van der Waals surface area (Å²) in [6.07, 6.45) is 6.41. The molecule has 0 spiro atoms. The molecule has 0 atom stereocenters. The quantitative estimate of drug-likeness (QED) is 0.760. The SMILES string of the molecule is O=C(NCCCN1CCCCCC1)c1cccc(CN2CCOCC2)c1. The Morgan fingerprint density at radius 2 is 1.77 bits per heavy atom. The lowest BCUT2D eigenvalue weighted by atomic mass is 10.1. The molecule has 26 heavy (non-hydrogen) atoms. The van der Waals surface area contributed by atoms with Gasteiger partial charge in [-0.3, -0.25) is 9.69 Å². The Hall–Kier alpha value is -1.43. The largest absolute Gasteiger partial charge is 0.379 e. The number of likely N-dealkylation sites (tertiary alicyclic amines) is 1. The van der Waals surface area contributed by atoms with Crippen LogP contribution in [-0.4, -0.2) is 68.2 Å². The first kappa shape index (κ1) is 19.3. The van der Waals surface area contributed by atoms with Crippen LogP contribution in [0, 0.1) is 0 Å². The fraction of sp³-hybridized carbons (Fsp3) is 0.667. The lowest BCUT2D eigenvalue weighted by Gasteiger charge is -2.26. The van der Waals surface area contributed by atoms with E-state index in [2.05, 4.69) is 21.2 Å². The van der Waals surface area contributed by atoms with Gasteiger partial charge in [-0.25, -0.2) is 0 Å². The number of nitrogens with zero attached hydrogens (tertiary/aromatic N) is 2. The Morgan fingerprint density at radius 1 is 1.00 bits per heavy atom. The van der Waals surface area contributed by atoms with E-state index in [0.717, 1.165) is 57.9 Å². The molecule has 0 bridgehead atoms. The van der Waals surface area contributed by atoms with Gasteiger partial charge in [0.05, 0.1) is 13.2 Å². The molecule has 0 saturated carbocycles. The van der Waals surface area contributed by atoms with Gasteiger partial charge < -0.3 is 15.0 Å².